The molecule has 0 unspecified atom stereocenters. The Morgan fingerprint density at radius 1 is 1.00 bits per heavy atom. The normalized spacial score (nSPS) is 10.8. The summed E-state index contributed by atoms with van der Waals surface area (Å²) >= 11 is 3.35. The van der Waals surface area contributed by atoms with Gasteiger partial charge in [-0.05, 0) is 54.6 Å². The van der Waals surface area contributed by atoms with E-state index in [1.807, 2.05) is 24.3 Å². The van der Waals surface area contributed by atoms with Gasteiger partial charge in [-0.2, -0.15) is 0 Å². The third-order valence-corrected chi connectivity index (χ3v) is 5.89. The first kappa shape index (κ1) is 23.2. The van der Waals surface area contributed by atoms with Gasteiger partial charge in [0.1, 0.15) is 0 Å². The first-order valence-corrected chi connectivity index (χ1v) is 11.3. The minimum Gasteiger partial charge on any atom is -0.370 e. The van der Waals surface area contributed by atoms with E-state index in [1.165, 1.54) is 4.90 Å². The van der Waals surface area contributed by atoms with Gasteiger partial charge in [-0.15, -0.1) is 0 Å². The van der Waals surface area contributed by atoms with E-state index >= 15 is 0 Å². The Morgan fingerprint density at radius 3 is 2.38 bits per heavy atom. The number of anilines is 2. The number of amides is 3. The summed E-state index contributed by atoms with van der Waals surface area (Å²) in [6.45, 7) is 0.250. The predicted octanol–water partition coefficient (Wildman–Crippen LogP) is 4.20. The molecular formula is C25H22BrN5O3. The van der Waals surface area contributed by atoms with E-state index in [-0.39, 0.29) is 24.8 Å². The van der Waals surface area contributed by atoms with Crippen molar-refractivity contribution in [2.45, 2.75) is 13.0 Å². The maximum absolute atomic E-state index is 12.8. The van der Waals surface area contributed by atoms with Gasteiger partial charge in [-0.3, -0.25) is 19.7 Å². The average molecular weight is 520 g/mol. The lowest BCUT2D eigenvalue weighted by molar-refractivity contribution is -0.118. The fraction of sp³-hybridized carbons (Fsp3) is 0.120. The molecule has 8 nitrogen and oxygen atoms in total. The van der Waals surface area contributed by atoms with Crippen molar-refractivity contribution in [3.63, 3.8) is 0 Å². The van der Waals surface area contributed by atoms with Gasteiger partial charge in [0.15, 0.2) is 0 Å². The molecule has 4 aromatic rings. The third kappa shape index (κ3) is 4.99. The van der Waals surface area contributed by atoms with Gasteiger partial charge in [-0.25, -0.2) is 4.98 Å². The number of nitrogens with one attached hydrogen (secondary N) is 1. The van der Waals surface area contributed by atoms with Gasteiger partial charge in [0.2, 0.25) is 11.9 Å². The Bertz CT molecular complexity index is 1370. The van der Waals surface area contributed by atoms with Crippen molar-refractivity contribution in [3.05, 3.63) is 88.4 Å². The van der Waals surface area contributed by atoms with Crippen LogP contribution in [-0.2, 0) is 11.3 Å². The zero-order valence-electron chi connectivity index (χ0n) is 18.4. The molecule has 0 bridgehead atoms. The summed E-state index contributed by atoms with van der Waals surface area (Å²) in [5, 5.41) is 2.82. The van der Waals surface area contributed by atoms with E-state index < -0.39 is 5.91 Å². The number of hydrogen-bond acceptors (Lipinski definition) is 4. The van der Waals surface area contributed by atoms with Crippen molar-refractivity contribution in [2.24, 2.45) is 5.73 Å². The van der Waals surface area contributed by atoms with Gasteiger partial charge < -0.3 is 15.2 Å². The summed E-state index contributed by atoms with van der Waals surface area (Å²) in [5.41, 5.74) is 8.31. The Hall–Kier alpha value is -3.98. The monoisotopic (exact) mass is 519 g/mol. The van der Waals surface area contributed by atoms with Crippen LogP contribution < -0.4 is 16.0 Å². The number of nitrogens with two attached hydrogens (primary N) is 1. The molecule has 172 valence electrons. The molecule has 0 atom stereocenters. The molecule has 3 amide bonds. The number of carbonyl (C=O) groups excluding carboxylic acids is 3. The Morgan fingerprint density at radius 2 is 1.71 bits per heavy atom. The van der Waals surface area contributed by atoms with Crippen LogP contribution in [0.2, 0.25) is 0 Å². The number of benzene rings is 3. The standard InChI is InChI=1S/C25H22BrN5O3/c1-30(24(34)17-5-3-2-4-6-17)19-11-12-21-20(15-19)28-25(31(21)14-13-22(27)32)29-23(33)16-7-9-18(26)10-8-16/h2-12,15H,13-14H2,1H3,(H2,27,32)(H,28,29,33). The highest BCUT2D eigenvalue weighted by Crippen LogP contribution is 2.26. The molecule has 3 N–H and O–H groups in total. The SMILES string of the molecule is CN(C(=O)c1ccccc1)c1ccc2c(c1)nc(NC(=O)c1ccc(Br)cc1)n2CCC(N)=O. The number of hydrogen-bond donors (Lipinski definition) is 2. The van der Waals surface area contributed by atoms with Crippen molar-refractivity contribution in [3.8, 4) is 0 Å². The van der Waals surface area contributed by atoms with E-state index in [0.717, 1.165) is 4.47 Å². The van der Waals surface area contributed by atoms with Crippen molar-refractivity contribution in [1.29, 1.82) is 0 Å². The topological polar surface area (TPSA) is 110 Å². The van der Waals surface area contributed by atoms with Crippen LogP contribution in [0.3, 0.4) is 0 Å². The number of carbonyl (C=O) groups is 3. The van der Waals surface area contributed by atoms with E-state index in [0.29, 0.717) is 33.8 Å². The number of nitrogens with zero attached hydrogens (tertiary/aromatic N) is 3. The molecular weight excluding hydrogens is 498 g/mol. The molecule has 0 saturated carbocycles. The van der Waals surface area contributed by atoms with Crippen LogP contribution in [0.1, 0.15) is 27.1 Å². The summed E-state index contributed by atoms with van der Waals surface area (Å²) in [4.78, 5) is 43.2. The van der Waals surface area contributed by atoms with Crippen LogP contribution in [0.5, 0.6) is 0 Å². The minimum absolute atomic E-state index is 0.0841. The van der Waals surface area contributed by atoms with Crippen molar-refractivity contribution >= 4 is 56.3 Å². The molecule has 3 aromatic carbocycles. The zero-order chi connectivity index (χ0) is 24.2. The molecule has 1 aromatic heterocycles. The van der Waals surface area contributed by atoms with E-state index in [1.54, 1.807) is 60.1 Å². The number of aryl methyl sites for hydroxylation is 1. The number of aromatic nitrogens is 2. The van der Waals surface area contributed by atoms with Crippen LogP contribution in [-0.4, -0.2) is 34.3 Å². The summed E-state index contributed by atoms with van der Waals surface area (Å²) in [5.74, 6) is -0.660. The molecule has 1 heterocycles. The van der Waals surface area contributed by atoms with Gasteiger partial charge in [-0.1, -0.05) is 34.1 Å². The van der Waals surface area contributed by atoms with Crippen molar-refractivity contribution in [1.82, 2.24) is 9.55 Å². The fourth-order valence-electron chi connectivity index (χ4n) is 3.54. The number of fused-ring (bicyclic) bond motifs is 1. The number of rotatable bonds is 7. The predicted molar refractivity (Wildman–Crippen MR) is 135 cm³/mol. The van der Waals surface area contributed by atoms with Gasteiger partial charge in [0.05, 0.1) is 11.0 Å². The first-order chi connectivity index (χ1) is 16.3. The number of primary amides is 1. The highest BCUT2D eigenvalue weighted by molar-refractivity contribution is 9.10. The Balaban J connectivity index is 1.67. The maximum atomic E-state index is 12.8. The molecule has 0 aliphatic heterocycles. The van der Waals surface area contributed by atoms with Crippen LogP contribution in [0.25, 0.3) is 11.0 Å². The summed E-state index contributed by atoms with van der Waals surface area (Å²) in [6.07, 6.45) is 0.0841. The van der Waals surface area contributed by atoms with Crippen LogP contribution in [0.15, 0.2) is 77.3 Å². The lowest BCUT2D eigenvalue weighted by atomic mass is 10.2. The summed E-state index contributed by atoms with van der Waals surface area (Å²) in [6, 6.07) is 21.3. The molecule has 0 saturated heterocycles. The summed E-state index contributed by atoms with van der Waals surface area (Å²) < 4.78 is 2.60. The first-order valence-electron chi connectivity index (χ1n) is 10.5. The zero-order valence-corrected chi connectivity index (χ0v) is 20.0. The van der Waals surface area contributed by atoms with Gasteiger partial charge in [0.25, 0.3) is 11.8 Å². The largest absolute Gasteiger partial charge is 0.370 e. The highest BCUT2D eigenvalue weighted by Gasteiger charge is 2.18. The lowest BCUT2D eigenvalue weighted by Gasteiger charge is -2.17. The molecule has 0 fully saturated rings. The second kappa shape index (κ2) is 9.88. The van der Waals surface area contributed by atoms with E-state index in [2.05, 4.69) is 26.2 Å². The second-order valence-corrected chi connectivity index (χ2v) is 8.58. The quantitative estimate of drug-likeness (QED) is 0.381. The van der Waals surface area contributed by atoms with Crippen molar-refractivity contribution < 1.29 is 14.4 Å². The molecule has 9 heteroatoms. The van der Waals surface area contributed by atoms with Gasteiger partial charge in [0, 0.05) is 41.3 Å². The van der Waals surface area contributed by atoms with Crippen LogP contribution in [0.4, 0.5) is 11.6 Å². The highest BCUT2D eigenvalue weighted by atomic mass is 79.9. The van der Waals surface area contributed by atoms with Crippen LogP contribution in [0, 0.1) is 0 Å². The number of halogens is 1. The summed E-state index contributed by atoms with van der Waals surface area (Å²) in [7, 11) is 1.69. The lowest BCUT2D eigenvalue weighted by Crippen LogP contribution is -2.26. The van der Waals surface area contributed by atoms with E-state index in [4.69, 9.17) is 5.73 Å². The molecule has 4 rings (SSSR count). The second-order valence-electron chi connectivity index (χ2n) is 7.67. The van der Waals surface area contributed by atoms with Crippen molar-refractivity contribution in [2.75, 3.05) is 17.3 Å². The third-order valence-electron chi connectivity index (χ3n) is 5.36. The molecule has 0 aliphatic rings. The molecule has 34 heavy (non-hydrogen) atoms. The number of imidazole rings is 1. The molecule has 0 radical (unpaired) electrons. The van der Waals surface area contributed by atoms with Gasteiger partial charge >= 0.3 is 0 Å². The molecule has 0 aliphatic carbocycles. The van der Waals surface area contributed by atoms with E-state index in [9.17, 15) is 14.4 Å². The maximum Gasteiger partial charge on any atom is 0.258 e. The minimum atomic E-state index is -0.461. The van der Waals surface area contributed by atoms with Crippen LogP contribution >= 0.6 is 15.9 Å². The Labute approximate surface area is 204 Å². The smallest absolute Gasteiger partial charge is 0.258 e. The molecule has 0 spiro atoms. The Kier molecular flexibility index (Phi) is 6.74. The fourth-order valence-corrected chi connectivity index (χ4v) is 3.80. The average Bonchev–Trinajstić information content (AvgIpc) is 3.18.